The first-order chi connectivity index (χ1) is 9.03. The van der Waals surface area contributed by atoms with Crippen molar-refractivity contribution in [1.82, 2.24) is 14.7 Å². The summed E-state index contributed by atoms with van der Waals surface area (Å²) in [5.41, 5.74) is 0. The van der Waals surface area contributed by atoms with Crippen molar-refractivity contribution in [3.8, 4) is 0 Å². The highest BCUT2D eigenvalue weighted by Crippen LogP contribution is 2.16. The molecule has 1 aromatic rings. The van der Waals surface area contributed by atoms with Crippen molar-refractivity contribution in [2.24, 2.45) is 0 Å². The van der Waals surface area contributed by atoms with Crippen molar-refractivity contribution in [2.75, 3.05) is 18.5 Å². The minimum absolute atomic E-state index is 0.0632. The fraction of sp³-hybridized carbons (Fsp3) is 0.636. The summed E-state index contributed by atoms with van der Waals surface area (Å²) in [6.45, 7) is 5.02. The lowest BCUT2D eigenvalue weighted by molar-refractivity contribution is 0.117. The van der Waals surface area contributed by atoms with E-state index in [0.717, 1.165) is 0 Å². The second-order valence-electron chi connectivity index (χ2n) is 4.37. The molecule has 8 heteroatoms. The van der Waals surface area contributed by atoms with Gasteiger partial charge in [0.1, 0.15) is 4.90 Å². The van der Waals surface area contributed by atoms with Crippen molar-refractivity contribution in [1.29, 1.82) is 0 Å². The molecule has 2 rings (SSSR count). The van der Waals surface area contributed by atoms with Crippen LogP contribution in [-0.4, -0.2) is 43.7 Å². The van der Waals surface area contributed by atoms with Gasteiger partial charge < -0.3 is 10.1 Å². The third kappa shape index (κ3) is 3.40. The third-order valence-corrected chi connectivity index (χ3v) is 4.40. The van der Waals surface area contributed by atoms with Crippen LogP contribution < -0.4 is 10.0 Å². The van der Waals surface area contributed by atoms with Crippen LogP contribution in [0.4, 0.5) is 5.95 Å². The largest absolute Gasteiger partial charge is 0.377 e. The minimum Gasteiger partial charge on any atom is -0.377 e. The number of nitrogens with one attached hydrogen (secondary N) is 2. The number of hydrogen-bond acceptors (Lipinski definition) is 6. The number of rotatable bonds is 5. The molecule has 2 heterocycles. The number of hydrogen-bond donors (Lipinski definition) is 2. The van der Waals surface area contributed by atoms with Gasteiger partial charge in [-0.25, -0.2) is 23.1 Å². The van der Waals surface area contributed by atoms with Crippen molar-refractivity contribution < 1.29 is 13.2 Å². The molecule has 1 saturated heterocycles. The molecule has 0 amide bonds. The van der Waals surface area contributed by atoms with Gasteiger partial charge in [0.15, 0.2) is 0 Å². The van der Waals surface area contributed by atoms with Gasteiger partial charge in [0.25, 0.3) is 0 Å². The molecule has 106 valence electrons. The van der Waals surface area contributed by atoms with Crippen molar-refractivity contribution >= 4 is 16.0 Å². The van der Waals surface area contributed by atoms with Crippen LogP contribution in [0, 0.1) is 0 Å². The number of ether oxygens (including phenoxy) is 1. The Morgan fingerprint density at radius 1 is 1.42 bits per heavy atom. The van der Waals surface area contributed by atoms with Crippen molar-refractivity contribution in [3.63, 3.8) is 0 Å². The summed E-state index contributed by atoms with van der Waals surface area (Å²) in [5.74, 6) is 0.416. The Balaban J connectivity index is 2.10. The van der Waals surface area contributed by atoms with E-state index < -0.39 is 10.0 Å². The monoisotopic (exact) mass is 286 g/mol. The van der Waals surface area contributed by atoms with E-state index in [1.807, 2.05) is 13.8 Å². The molecule has 0 saturated carbocycles. The van der Waals surface area contributed by atoms with Gasteiger partial charge in [-0.1, -0.05) is 0 Å². The molecular weight excluding hydrogens is 268 g/mol. The van der Waals surface area contributed by atoms with E-state index in [1.165, 1.54) is 12.4 Å². The van der Waals surface area contributed by atoms with Crippen LogP contribution in [0.2, 0.25) is 0 Å². The van der Waals surface area contributed by atoms with Gasteiger partial charge in [0, 0.05) is 13.2 Å². The summed E-state index contributed by atoms with van der Waals surface area (Å²) in [5, 5.41) is 2.91. The molecule has 0 aromatic carbocycles. The van der Waals surface area contributed by atoms with Crippen LogP contribution >= 0.6 is 0 Å². The minimum atomic E-state index is -3.59. The quantitative estimate of drug-likeness (QED) is 0.812. The van der Waals surface area contributed by atoms with Gasteiger partial charge in [-0.2, -0.15) is 0 Å². The maximum Gasteiger partial charge on any atom is 0.243 e. The summed E-state index contributed by atoms with van der Waals surface area (Å²) >= 11 is 0. The zero-order chi connectivity index (χ0) is 13.9. The predicted molar refractivity (Wildman–Crippen MR) is 70.3 cm³/mol. The first-order valence-corrected chi connectivity index (χ1v) is 7.71. The van der Waals surface area contributed by atoms with Crippen LogP contribution in [0.5, 0.6) is 0 Å². The SMILES string of the molecule is CCNc1ncc(S(=O)(=O)NC2CCOC2C)cn1. The fourth-order valence-corrected chi connectivity index (χ4v) is 3.09. The Bertz CT molecular complexity index is 517. The fourth-order valence-electron chi connectivity index (χ4n) is 1.86. The second kappa shape index (κ2) is 5.81. The number of sulfonamides is 1. The van der Waals surface area contributed by atoms with Gasteiger partial charge in [-0.05, 0) is 20.3 Å². The van der Waals surface area contributed by atoms with Crippen LogP contribution in [0.1, 0.15) is 20.3 Å². The van der Waals surface area contributed by atoms with E-state index in [4.69, 9.17) is 4.74 Å². The Morgan fingerprint density at radius 2 is 2.11 bits per heavy atom. The summed E-state index contributed by atoms with van der Waals surface area (Å²) < 4.78 is 32.2. The lowest BCUT2D eigenvalue weighted by atomic mass is 10.2. The topological polar surface area (TPSA) is 93.2 Å². The maximum absolute atomic E-state index is 12.1. The highest BCUT2D eigenvalue weighted by atomic mass is 32.2. The Hall–Kier alpha value is -1.25. The smallest absolute Gasteiger partial charge is 0.243 e. The summed E-state index contributed by atoms with van der Waals surface area (Å²) in [7, 11) is -3.59. The molecule has 7 nitrogen and oxygen atoms in total. The zero-order valence-electron chi connectivity index (χ0n) is 11.0. The molecule has 2 atom stereocenters. The average molecular weight is 286 g/mol. The first kappa shape index (κ1) is 14.2. The van der Waals surface area contributed by atoms with Crippen LogP contribution in [0.3, 0.4) is 0 Å². The first-order valence-electron chi connectivity index (χ1n) is 6.23. The molecule has 19 heavy (non-hydrogen) atoms. The molecule has 0 spiro atoms. The summed E-state index contributed by atoms with van der Waals surface area (Å²) in [6.07, 6.45) is 3.16. The average Bonchev–Trinajstić information content (AvgIpc) is 2.75. The van der Waals surface area contributed by atoms with Crippen LogP contribution in [0.15, 0.2) is 17.3 Å². The maximum atomic E-state index is 12.1. The normalized spacial score (nSPS) is 23.5. The number of aromatic nitrogens is 2. The Kier molecular flexibility index (Phi) is 4.33. The Labute approximate surface area is 112 Å². The lowest BCUT2D eigenvalue weighted by Crippen LogP contribution is -2.39. The van der Waals surface area contributed by atoms with Crippen molar-refractivity contribution in [2.45, 2.75) is 37.3 Å². The van der Waals surface area contributed by atoms with Crippen LogP contribution in [-0.2, 0) is 14.8 Å². The van der Waals surface area contributed by atoms with Gasteiger partial charge in [-0.15, -0.1) is 0 Å². The molecule has 1 fully saturated rings. The molecule has 0 aliphatic carbocycles. The van der Waals surface area contributed by atoms with Gasteiger partial charge in [-0.3, -0.25) is 0 Å². The van der Waals surface area contributed by atoms with E-state index >= 15 is 0 Å². The van der Waals surface area contributed by atoms with Crippen molar-refractivity contribution in [3.05, 3.63) is 12.4 Å². The number of nitrogens with zero attached hydrogens (tertiary/aromatic N) is 2. The van der Waals surface area contributed by atoms with Gasteiger partial charge in [0.2, 0.25) is 16.0 Å². The van der Waals surface area contributed by atoms with Crippen LogP contribution in [0.25, 0.3) is 0 Å². The van der Waals surface area contributed by atoms with E-state index in [-0.39, 0.29) is 17.0 Å². The third-order valence-electron chi connectivity index (χ3n) is 2.96. The van der Waals surface area contributed by atoms with Gasteiger partial charge >= 0.3 is 0 Å². The van der Waals surface area contributed by atoms with Gasteiger partial charge in [0.05, 0.1) is 24.5 Å². The van der Waals surface area contributed by atoms with E-state index in [9.17, 15) is 8.42 Å². The second-order valence-corrected chi connectivity index (χ2v) is 6.08. The summed E-state index contributed by atoms with van der Waals surface area (Å²) in [6, 6.07) is -0.196. The predicted octanol–water partition coefficient (Wildman–Crippen LogP) is 0.364. The standard InChI is InChI=1S/C11H18N4O3S/c1-3-12-11-13-6-9(7-14-11)19(16,17)15-10-4-5-18-8(10)2/h6-8,10,15H,3-5H2,1-2H3,(H,12,13,14). The molecule has 2 N–H and O–H groups in total. The molecule has 0 bridgehead atoms. The molecule has 0 radical (unpaired) electrons. The number of anilines is 1. The molecule has 2 unspecified atom stereocenters. The van der Waals surface area contributed by atoms with E-state index in [1.54, 1.807) is 0 Å². The molecule has 1 aromatic heterocycles. The molecule has 1 aliphatic heterocycles. The van der Waals surface area contributed by atoms with E-state index in [2.05, 4.69) is 20.0 Å². The molecule has 1 aliphatic rings. The Morgan fingerprint density at radius 3 is 2.63 bits per heavy atom. The lowest BCUT2D eigenvalue weighted by Gasteiger charge is -2.15. The zero-order valence-corrected chi connectivity index (χ0v) is 11.8. The highest BCUT2D eigenvalue weighted by molar-refractivity contribution is 7.89. The molecular formula is C11H18N4O3S. The van der Waals surface area contributed by atoms with E-state index in [0.29, 0.717) is 25.5 Å². The highest BCUT2D eigenvalue weighted by Gasteiger charge is 2.29. The summed E-state index contributed by atoms with van der Waals surface area (Å²) in [4.78, 5) is 7.97.